The number of methoxy groups -OCH3 is 1. The average Bonchev–Trinajstić information content (AvgIpc) is 1.87. The zero-order valence-electron chi connectivity index (χ0n) is 7.85. The first-order valence-corrected chi connectivity index (χ1v) is 3.87. The van der Waals surface area contributed by atoms with E-state index in [4.69, 9.17) is 4.74 Å². The Bertz CT molecular complexity index is 159. The van der Waals surface area contributed by atoms with Crippen LogP contribution in [-0.2, 0) is 4.74 Å². The van der Waals surface area contributed by atoms with Crippen LogP contribution in [0, 0.1) is 0 Å². The molecule has 0 amide bonds. The van der Waals surface area contributed by atoms with Gasteiger partial charge in [0, 0.05) is 19.4 Å². The zero-order valence-corrected chi connectivity index (χ0v) is 7.85. The van der Waals surface area contributed by atoms with E-state index in [2.05, 4.69) is 4.99 Å². The highest BCUT2D eigenvalue weighted by Gasteiger charge is 1.88. The van der Waals surface area contributed by atoms with E-state index in [-0.39, 0.29) is 0 Å². The predicted molar refractivity (Wildman–Crippen MR) is 49.3 cm³/mol. The van der Waals surface area contributed by atoms with E-state index in [9.17, 15) is 0 Å². The van der Waals surface area contributed by atoms with Crippen LogP contribution >= 0.6 is 0 Å². The summed E-state index contributed by atoms with van der Waals surface area (Å²) in [6.07, 6.45) is 2.05. The highest BCUT2D eigenvalue weighted by Crippen LogP contribution is 1.93. The molecule has 0 radical (unpaired) electrons. The Hall–Kier alpha value is -0.630. The molecule has 0 unspecified atom stereocenters. The molecule has 0 saturated carbocycles. The standard InChI is InChI=1S/C9H17NO/c1-5-10-9(3)6-8(2)7-11-4/h6H,5,7H2,1-4H3/b8-6+,10-9?. The van der Waals surface area contributed by atoms with Crippen LogP contribution in [0.3, 0.4) is 0 Å². The summed E-state index contributed by atoms with van der Waals surface area (Å²) in [5.41, 5.74) is 2.28. The maximum atomic E-state index is 4.96. The van der Waals surface area contributed by atoms with Crippen molar-refractivity contribution in [1.82, 2.24) is 0 Å². The van der Waals surface area contributed by atoms with Crippen molar-refractivity contribution in [1.29, 1.82) is 0 Å². The van der Waals surface area contributed by atoms with E-state index in [1.165, 1.54) is 5.57 Å². The lowest BCUT2D eigenvalue weighted by Gasteiger charge is -1.98. The molecule has 0 fully saturated rings. The maximum Gasteiger partial charge on any atom is 0.0673 e. The lowest BCUT2D eigenvalue weighted by Crippen LogP contribution is -1.94. The van der Waals surface area contributed by atoms with Crippen molar-refractivity contribution in [3.05, 3.63) is 11.6 Å². The molecule has 0 rings (SSSR count). The van der Waals surface area contributed by atoms with Crippen LogP contribution in [0.25, 0.3) is 0 Å². The van der Waals surface area contributed by atoms with Crippen LogP contribution in [0.15, 0.2) is 16.6 Å². The molecule has 0 N–H and O–H groups in total. The molecule has 0 aliphatic carbocycles. The number of aliphatic imine (C=N–C) groups is 1. The van der Waals surface area contributed by atoms with Gasteiger partial charge in [0.25, 0.3) is 0 Å². The van der Waals surface area contributed by atoms with Gasteiger partial charge in [0.2, 0.25) is 0 Å². The number of hydrogen-bond donors (Lipinski definition) is 0. The van der Waals surface area contributed by atoms with Crippen LogP contribution in [0.5, 0.6) is 0 Å². The summed E-state index contributed by atoms with van der Waals surface area (Å²) >= 11 is 0. The predicted octanol–water partition coefficient (Wildman–Crippen LogP) is 2.06. The van der Waals surface area contributed by atoms with Crippen molar-refractivity contribution in [2.75, 3.05) is 20.3 Å². The second-order valence-electron chi connectivity index (χ2n) is 2.54. The van der Waals surface area contributed by atoms with Gasteiger partial charge < -0.3 is 4.74 Å². The first kappa shape index (κ1) is 10.4. The Balaban J connectivity index is 3.96. The van der Waals surface area contributed by atoms with Gasteiger partial charge in [0.05, 0.1) is 6.61 Å². The van der Waals surface area contributed by atoms with Gasteiger partial charge in [-0.3, -0.25) is 4.99 Å². The Kier molecular flexibility index (Phi) is 5.75. The summed E-state index contributed by atoms with van der Waals surface area (Å²) in [6, 6.07) is 0. The normalized spacial score (nSPS) is 13.8. The van der Waals surface area contributed by atoms with Crippen LogP contribution < -0.4 is 0 Å². The molecule has 0 aliphatic rings. The van der Waals surface area contributed by atoms with Crippen molar-refractivity contribution >= 4 is 5.71 Å². The lowest BCUT2D eigenvalue weighted by atomic mass is 10.2. The first-order chi connectivity index (χ1) is 5.20. The third kappa shape index (κ3) is 5.80. The Labute approximate surface area is 69.0 Å². The topological polar surface area (TPSA) is 21.6 Å². The first-order valence-electron chi connectivity index (χ1n) is 3.87. The van der Waals surface area contributed by atoms with Crippen molar-refractivity contribution in [3.8, 4) is 0 Å². The fourth-order valence-electron chi connectivity index (χ4n) is 0.921. The van der Waals surface area contributed by atoms with Crippen molar-refractivity contribution < 1.29 is 4.74 Å². The van der Waals surface area contributed by atoms with Crippen LogP contribution in [0.1, 0.15) is 20.8 Å². The second kappa shape index (κ2) is 6.10. The number of allylic oxidation sites excluding steroid dienone is 1. The summed E-state index contributed by atoms with van der Waals surface area (Å²) in [4.78, 5) is 4.23. The third-order valence-corrected chi connectivity index (χ3v) is 1.23. The molecule has 0 spiro atoms. The molecular formula is C9H17NO. The number of hydrogen-bond acceptors (Lipinski definition) is 2. The van der Waals surface area contributed by atoms with Gasteiger partial charge in [-0.1, -0.05) is 0 Å². The molecule has 0 aromatic rings. The van der Waals surface area contributed by atoms with Gasteiger partial charge >= 0.3 is 0 Å². The zero-order chi connectivity index (χ0) is 8.69. The molecule has 0 aliphatic heterocycles. The van der Waals surface area contributed by atoms with E-state index < -0.39 is 0 Å². The highest BCUT2D eigenvalue weighted by atomic mass is 16.5. The Morgan fingerprint density at radius 1 is 1.45 bits per heavy atom. The number of rotatable bonds is 4. The summed E-state index contributed by atoms with van der Waals surface area (Å²) in [5, 5.41) is 0. The summed E-state index contributed by atoms with van der Waals surface area (Å²) in [7, 11) is 1.70. The molecule has 11 heavy (non-hydrogen) atoms. The molecule has 2 nitrogen and oxygen atoms in total. The van der Waals surface area contributed by atoms with Gasteiger partial charge in [-0.15, -0.1) is 0 Å². The van der Waals surface area contributed by atoms with E-state index in [1.807, 2.05) is 26.8 Å². The van der Waals surface area contributed by atoms with Crippen LogP contribution in [0.2, 0.25) is 0 Å². The smallest absolute Gasteiger partial charge is 0.0673 e. The van der Waals surface area contributed by atoms with E-state index >= 15 is 0 Å². The minimum atomic E-state index is 0.691. The molecular weight excluding hydrogens is 138 g/mol. The van der Waals surface area contributed by atoms with Gasteiger partial charge in [-0.05, 0) is 32.4 Å². The van der Waals surface area contributed by atoms with Crippen LogP contribution in [0.4, 0.5) is 0 Å². The number of ether oxygens (including phenoxy) is 1. The third-order valence-electron chi connectivity index (χ3n) is 1.23. The van der Waals surface area contributed by atoms with Gasteiger partial charge in [-0.2, -0.15) is 0 Å². The molecule has 0 atom stereocenters. The number of nitrogens with zero attached hydrogens (tertiary/aromatic N) is 1. The van der Waals surface area contributed by atoms with Crippen molar-refractivity contribution in [2.24, 2.45) is 4.99 Å². The van der Waals surface area contributed by atoms with Gasteiger partial charge in [0.15, 0.2) is 0 Å². The average molecular weight is 155 g/mol. The molecule has 0 bridgehead atoms. The fourth-order valence-corrected chi connectivity index (χ4v) is 0.921. The van der Waals surface area contributed by atoms with Gasteiger partial charge in [-0.25, -0.2) is 0 Å². The summed E-state index contributed by atoms with van der Waals surface area (Å²) < 4.78 is 4.96. The van der Waals surface area contributed by atoms with Crippen LogP contribution in [-0.4, -0.2) is 26.0 Å². The molecule has 0 heterocycles. The monoisotopic (exact) mass is 155 g/mol. The minimum Gasteiger partial charge on any atom is -0.380 e. The molecule has 0 aromatic carbocycles. The fraction of sp³-hybridized carbons (Fsp3) is 0.667. The quantitative estimate of drug-likeness (QED) is 0.569. The van der Waals surface area contributed by atoms with Crippen molar-refractivity contribution in [2.45, 2.75) is 20.8 Å². The van der Waals surface area contributed by atoms with E-state index in [0.29, 0.717) is 6.61 Å². The molecule has 0 saturated heterocycles. The Morgan fingerprint density at radius 2 is 2.09 bits per heavy atom. The highest BCUT2D eigenvalue weighted by molar-refractivity contribution is 5.93. The van der Waals surface area contributed by atoms with Crippen molar-refractivity contribution in [3.63, 3.8) is 0 Å². The van der Waals surface area contributed by atoms with E-state index in [1.54, 1.807) is 7.11 Å². The largest absolute Gasteiger partial charge is 0.380 e. The molecule has 64 valence electrons. The van der Waals surface area contributed by atoms with E-state index in [0.717, 1.165) is 12.3 Å². The van der Waals surface area contributed by atoms with Gasteiger partial charge in [0.1, 0.15) is 0 Å². The second-order valence-corrected chi connectivity index (χ2v) is 2.54. The SMILES string of the molecule is CCN=C(C)/C=C(\C)COC. The molecule has 0 aromatic heterocycles. The Morgan fingerprint density at radius 3 is 2.55 bits per heavy atom. The summed E-state index contributed by atoms with van der Waals surface area (Å²) in [6.45, 7) is 7.61. The minimum absolute atomic E-state index is 0.691. The maximum absolute atomic E-state index is 4.96. The summed E-state index contributed by atoms with van der Waals surface area (Å²) in [5.74, 6) is 0. The lowest BCUT2D eigenvalue weighted by molar-refractivity contribution is 0.226. The molecule has 2 heteroatoms.